The van der Waals surface area contributed by atoms with Crippen molar-refractivity contribution in [1.29, 1.82) is 0 Å². The highest BCUT2D eigenvalue weighted by Crippen LogP contribution is 2.25. The summed E-state index contributed by atoms with van der Waals surface area (Å²) in [6.45, 7) is 5.73. The average molecular weight is 394 g/mol. The Labute approximate surface area is 168 Å². The van der Waals surface area contributed by atoms with Gasteiger partial charge in [0.15, 0.2) is 5.82 Å². The lowest BCUT2D eigenvalue weighted by molar-refractivity contribution is 0.0746. The van der Waals surface area contributed by atoms with E-state index in [1.165, 1.54) is 4.88 Å². The zero-order chi connectivity index (χ0) is 19.3. The van der Waals surface area contributed by atoms with Crippen LogP contribution < -0.4 is 10.2 Å². The maximum atomic E-state index is 12.8. The fraction of sp³-hybridized carbons (Fsp3) is 0.286. The van der Waals surface area contributed by atoms with Crippen molar-refractivity contribution in [3.63, 3.8) is 0 Å². The highest BCUT2D eigenvalue weighted by molar-refractivity contribution is 7.13. The van der Waals surface area contributed by atoms with Gasteiger partial charge >= 0.3 is 0 Å². The first-order valence-corrected chi connectivity index (χ1v) is 10.4. The van der Waals surface area contributed by atoms with Crippen LogP contribution in [0.3, 0.4) is 0 Å². The summed E-state index contributed by atoms with van der Waals surface area (Å²) in [6, 6.07) is 16.0. The van der Waals surface area contributed by atoms with Gasteiger partial charge in [0.1, 0.15) is 5.82 Å². The molecule has 0 saturated carbocycles. The van der Waals surface area contributed by atoms with Gasteiger partial charge in [-0.25, -0.2) is 0 Å². The number of aromatic nitrogens is 2. The lowest BCUT2D eigenvalue weighted by Crippen LogP contribution is -2.49. The number of piperazine rings is 1. The molecule has 4 rings (SSSR count). The van der Waals surface area contributed by atoms with Crippen molar-refractivity contribution < 1.29 is 4.79 Å². The number of hydrogen-bond acceptors (Lipinski definition) is 6. The molecule has 2 aromatic heterocycles. The fourth-order valence-electron chi connectivity index (χ4n) is 3.31. The van der Waals surface area contributed by atoms with Gasteiger partial charge in [0.05, 0.1) is 0 Å². The summed E-state index contributed by atoms with van der Waals surface area (Å²) in [5.41, 5.74) is 1.89. The van der Waals surface area contributed by atoms with Gasteiger partial charge in [-0.3, -0.25) is 4.79 Å². The minimum absolute atomic E-state index is 0.0888. The number of carbonyl (C=O) groups is 1. The lowest BCUT2D eigenvalue weighted by Gasteiger charge is -2.35. The third-order valence-electron chi connectivity index (χ3n) is 4.84. The van der Waals surface area contributed by atoms with Gasteiger partial charge in [-0.05, 0) is 48.2 Å². The van der Waals surface area contributed by atoms with E-state index in [1.54, 1.807) is 11.3 Å². The highest BCUT2D eigenvalue weighted by atomic mass is 32.1. The monoisotopic (exact) mass is 393 g/mol. The Hall–Kier alpha value is -2.93. The number of nitrogens with one attached hydrogen (secondary N) is 1. The minimum Gasteiger partial charge on any atom is -0.369 e. The average Bonchev–Trinajstić information content (AvgIpc) is 3.29. The van der Waals surface area contributed by atoms with Crippen LogP contribution in [0.4, 0.5) is 11.6 Å². The maximum Gasteiger partial charge on any atom is 0.253 e. The van der Waals surface area contributed by atoms with Crippen LogP contribution in [0, 0.1) is 0 Å². The molecule has 0 spiro atoms. The second kappa shape index (κ2) is 8.39. The van der Waals surface area contributed by atoms with Crippen molar-refractivity contribution in [2.24, 2.45) is 0 Å². The maximum absolute atomic E-state index is 12.8. The van der Waals surface area contributed by atoms with Crippen molar-refractivity contribution in [1.82, 2.24) is 15.1 Å². The van der Waals surface area contributed by atoms with Crippen LogP contribution in [0.15, 0.2) is 53.9 Å². The largest absolute Gasteiger partial charge is 0.369 e. The molecule has 1 aliphatic rings. The molecule has 7 heteroatoms. The van der Waals surface area contributed by atoms with E-state index in [0.29, 0.717) is 13.1 Å². The number of thiophene rings is 1. The molecule has 3 aromatic rings. The summed E-state index contributed by atoms with van der Waals surface area (Å²) in [4.78, 5) is 18.1. The molecule has 0 bridgehead atoms. The van der Waals surface area contributed by atoms with E-state index in [1.807, 2.05) is 54.3 Å². The molecule has 144 valence electrons. The van der Waals surface area contributed by atoms with Crippen molar-refractivity contribution in [3.8, 4) is 10.4 Å². The van der Waals surface area contributed by atoms with Crippen molar-refractivity contribution in [2.45, 2.75) is 6.92 Å². The smallest absolute Gasteiger partial charge is 0.253 e. The van der Waals surface area contributed by atoms with Gasteiger partial charge in [-0.2, -0.15) is 0 Å². The fourth-order valence-corrected chi connectivity index (χ4v) is 4.04. The van der Waals surface area contributed by atoms with Gasteiger partial charge in [0.25, 0.3) is 5.91 Å². The van der Waals surface area contributed by atoms with Crippen molar-refractivity contribution >= 4 is 28.9 Å². The number of carbonyl (C=O) groups excluding carboxylic acids is 1. The summed E-state index contributed by atoms with van der Waals surface area (Å²) >= 11 is 1.70. The van der Waals surface area contributed by atoms with Crippen LogP contribution in [0.2, 0.25) is 0 Å². The van der Waals surface area contributed by atoms with Crippen LogP contribution >= 0.6 is 11.3 Å². The van der Waals surface area contributed by atoms with Crippen LogP contribution in [-0.2, 0) is 0 Å². The molecule has 1 aromatic carbocycles. The molecule has 6 nitrogen and oxygen atoms in total. The van der Waals surface area contributed by atoms with Gasteiger partial charge in [0.2, 0.25) is 0 Å². The molecule has 1 fully saturated rings. The Bertz CT molecular complexity index is 901. The quantitative estimate of drug-likeness (QED) is 0.718. The molecule has 0 unspecified atom stereocenters. The van der Waals surface area contributed by atoms with E-state index in [-0.39, 0.29) is 5.91 Å². The molecule has 1 amide bonds. The molecular formula is C21H23N5OS. The number of anilines is 2. The second-order valence-electron chi connectivity index (χ2n) is 6.64. The Morgan fingerprint density at radius 2 is 1.82 bits per heavy atom. The van der Waals surface area contributed by atoms with Crippen LogP contribution in [0.1, 0.15) is 17.3 Å². The minimum atomic E-state index is 0.0888. The molecule has 3 heterocycles. The topological polar surface area (TPSA) is 61.4 Å². The highest BCUT2D eigenvalue weighted by Gasteiger charge is 2.23. The Balaban J connectivity index is 1.36. The van der Waals surface area contributed by atoms with Crippen molar-refractivity contribution in [2.75, 3.05) is 42.9 Å². The zero-order valence-electron chi connectivity index (χ0n) is 15.8. The van der Waals surface area contributed by atoms with Crippen LogP contribution in [0.5, 0.6) is 0 Å². The molecule has 0 atom stereocenters. The Kier molecular flexibility index (Phi) is 5.53. The summed E-state index contributed by atoms with van der Waals surface area (Å²) in [7, 11) is 0. The van der Waals surface area contributed by atoms with Gasteiger partial charge < -0.3 is 15.1 Å². The summed E-state index contributed by atoms with van der Waals surface area (Å²) < 4.78 is 0. The summed E-state index contributed by atoms with van der Waals surface area (Å²) in [5.74, 6) is 1.73. The van der Waals surface area contributed by atoms with E-state index in [0.717, 1.165) is 42.4 Å². The second-order valence-corrected chi connectivity index (χ2v) is 7.59. The summed E-state index contributed by atoms with van der Waals surface area (Å²) in [6.07, 6.45) is 0. The molecule has 28 heavy (non-hydrogen) atoms. The SMILES string of the molecule is CCNc1ccc(N2CCN(C(=O)c3ccc(-c4cccs4)cc3)CC2)nn1. The Morgan fingerprint density at radius 1 is 1.04 bits per heavy atom. The van der Waals surface area contributed by atoms with E-state index < -0.39 is 0 Å². The number of hydrogen-bond donors (Lipinski definition) is 1. The van der Waals surface area contributed by atoms with Crippen molar-refractivity contribution in [3.05, 3.63) is 59.5 Å². The number of nitrogens with zero attached hydrogens (tertiary/aromatic N) is 4. The molecule has 0 radical (unpaired) electrons. The first kappa shape index (κ1) is 18.4. The summed E-state index contributed by atoms with van der Waals surface area (Å²) in [5, 5.41) is 13.7. The van der Waals surface area contributed by atoms with Crippen LogP contribution in [0.25, 0.3) is 10.4 Å². The predicted molar refractivity (Wildman–Crippen MR) is 114 cm³/mol. The van der Waals surface area contributed by atoms with Crippen LogP contribution in [-0.4, -0.2) is 53.7 Å². The van der Waals surface area contributed by atoms with E-state index in [9.17, 15) is 4.79 Å². The molecule has 1 aliphatic heterocycles. The predicted octanol–water partition coefficient (Wildman–Crippen LogP) is 3.60. The number of rotatable bonds is 5. The van der Waals surface area contributed by atoms with E-state index in [2.05, 4.69) is 31.9 Å². The van der Waals surface area contributed by atoms with Gasteiger partial charge in [0, 0.05) is 43.2 Å². The number of amides is 1. The zero-order valence-corrected chi connectivity index (χ0v) is 16.7. The van der Waals surface area contributed by atoms with Gasteiger partial charge in [-0.15, -0.1) is 21.5 Å². The molecule has 1 saturated heterocycles. The normalized spacial score (nSPS) is 14.2. The third kappa shape index (κ3) is 3.99. The first-order valence-electron chi connectivity index (χ1n) is 9.50. The molecular weight excluding hydrogens is 370 g/mol. The van der Waals surface area contributed by atoms with Gasteiger partial charge in [-0.1, -0.05) is 18.2 Å². The third-order valence-corrected chi connectivity index (χ3v) is 5.76. The first-order chi connectivity index (χ1) is 13.7. The lowest BCUT2D eigenvalue weighted by atomic mass is 10.1. The molecule has 0 aliphatic carbocycles. The standard InChI is InChI=1S/C21H23N5OS/c1-2-22-19-9-10-20(24-23-19)25-11-13-26(14-12-25)21(27)17-7-5-16(6-8-17)18-4-3-15-28-18/h3-10,15H,2,11-14H2,1H3,(H,22,23). The Morgan fingerprint density at radius 3 is 2.43 bits per heavy atom. The number of benzene rings is 1. The molecule has 1 N–H and O–H groups in total. The van der Waals surface area contributed by atoms with E-state index >= 15 is 0 Å². The van der Waals surface area contributed by atoms with E-state index in [4.69, 9.17) is 0 Å².